The molecule has 1 aromatic carbocycles. The van der Waals surface area contributed by atoms with Crippen molar-refractivity contribution in [2.45, 2.75) is 26.3 Å². The first-order chi connectivity index (χ1) is 12.1. The molecule has 0 atom stereocenters. The second kappa shape index (κ2) is 8.53. The van der Waals surface area contributed by atoms with Gasteiger partial charge in [0.25, 0.3) is 0 Å². The van der Waals surface area contributed by atoms with E-state index in [1.165, 1.54) is 7.11 Å². The van der Waals surface area contributed by atoms with Gasteiger partial charge in [-0.1, -0.05) is 6.92 Å². The van der Waals surface area contributed by atoms with E-state index < -0.39 is 5.97 Å². The predicted octanol–water partition coefficient (Wildman–Crippen LogP) is 1.80. The number of nitrogens with zero attached hydrogens (tertiary/aromatic N) is 2. The van der Waals surface area contributed by atoms with Crippen molar-refractivity contribution in [3.05, 3.63) is 40.7 Å². The van der Waals surface area contributed by atoms with Crippen molar-refractivity contribution in [2.24, 2.45) is 5.73 Å². The third-order valence-electron chi connectivity index (χ3n) is 4.06. The van der Waals surface area contributed by atoms with E-state index in [0.717, 1.165) is 16.8 Å². The van der Waals surface area contributed by atoms with Crippen molar-refractivity contribution < 1.29 is 19.0 Å². The van der Waals surface area contributed by atoms with Gasteiger partial charge >= 0.3 is 5.97 Å². The van der Waals surface area contributed by atoms with Gasteiger partial charge in [-0.05, 0) is 31.5 Å². The van der Waals surface area contributed by atoms with Crippen molar-refractivity contribution in [1.29, 1.82) is 0 Å². The normalized spacial score (nSPS) is 10.6. The number of carbonyl (C=O) groups is 1. The summed E-state index contributed by atoms with van der Waals surface area (Å²) in [6.45, 7) is 2.82. The van der Waals surface area contributed by atoms with E-state index in [9.17, 15) is 4.79 Å². The lowest BCUT2D eigenvalue weighted by molar-refractivity contribution is 0.0586. The third-order valence-corrected chi connectivity index (χ3v) is 4.06. The second-order valence-corrected chi connectivity index (χ2v) is 5.49. The van der Waals surface area contributed by atoms with Gasteiger partial charge in [0.05, 0.1) is 33.6 Å². The number of ether oxygens (including phenoxy) is 3. The van der Waals surface area contributed by atoms with Crippen molar-refractivity contribution >= 4 is 5.97 Å². The van der Waals surface area contributed by atoms with Crippen molar-refractivity contribution in [3.63, 3.8) is 0 Å². The number of esters is 1. The van der Waals surface area contributed by atoms with Crippen LogP contribution in [-0.4, -0.2) is 43.6 Å². The standard InChI is InChI=1S/C18H25N3O4/c1-5-15-14(8-9-19)17(18(22)25-4)21(20-15)11-12-6-7-13(23-2)10-16(12)24-3/h6-7,10H,5,8-9,11,19H2,1-4H3. The Kier molecular flexibility index (Phi) is 6.41. The smallest absolute Gasteiger partial charge is 0.356 e. The minimum absolute atomic E-state index is 0.384. The number of aromatic nitrogens is 2. The quantitative estimate of drug-likeness (QED) is 0.733. The van der Waals surface area contributed by atoms with Crippen LogP contribution < -0.4 is 15.2 Å². The highest BCUT2D eigenvalue weighted by Crippen LogP contribution is 2.27. The maximum atomic E-state index is 12.3. The number of nitrogens with two attached hydrogens (primary N) is 1. The topological polar surface area (TPSA) is 88.6 Å². The fourth-order valence-electron chi connectivity index (χ4n) is 2.82. The Bertz CT molecular complexity index is 740. The van der Waals surface area contributed by atoms with E-state index in [1.54, 1.807) is 25.0 Å². The first-order valence-corrected chi connectivity index (χ1v) is 8.17. The van der Waals surface area contributed by atoms with E-state index in [2.05, 4.69) is 5.10 Å². The largest absolute Gasteiger partial charge is 0.497 e. The number of benzene rings is 1. The molecule has 7 nitrogen and oxygen atoms in total. The van der Waals surface area contributed by atoms with Gasteiger partial charge in [-0.3, -0.25) is 4.68 Å². The Labute approximate surface area is 147 Å². The molecule has 0 saturated carbocycles. The number of carbonyl (C=O) groups excluding carboxylic acids is 1. The molecule has 1 heterocycles. The molecule has 0 aliphatic rings. The van der Waals surface area contributed by atoms with Gasteiger partial charge < -0.3 is 19.9 Å². The zero-order valence-electron chi connectivity index (χ0n) is 15.2. The van der Waals surface area contributed by atoms with E-state index in [-0.39, 0.29) is 0 Å². The summed E-state index contributed by atoms with van der Waals surface area (Å²) in [7, 11) is 4.56. The summed E-state index contributed by atoms with van der Waals surface area (Å²) in [5, 5.41) is 4.60. The van der Waals surface area contributed by atoms with Gasteiger partial charge in [-0.2, -0.15) is 5.10 Å². The van der Waals surface area contributed by atoms with Crippen molar-refractivity contribution in [2.75, 3.05) is 27.9 Å². The molecule has 0 bridgehead atoms. The first kappa shape index (κ1) is 18.8. The Balaban J connectivity index is 2.50. The van der Waals surface area contributed by atoms with Crippen LogP contribution in [0.25, 0.3) is 0 Å². The molecule has 2 rings (SSSR count). The number of rotatable bonds is 8. The van der Waals surface area contributed by atoms with Crippen LogP contribution in [0.15, 0.2) is 18.2 Å². The van der Waals surface area contributed by atoms with Gasteiger partial charge in [0, 0.05) is 17.2 Å². The number of hydrogen-bond donors (Lipinski definition) is 1. The lowest BCUT2D eigenvalue weighted by Gasteiger charge is -2.12. The Morgan fingerprint density at radius 2 is 2.00 bits per heavy atom. The van der Waals surface area contributed by atoms with Crippen LogP contribution in [0.1, 0.15) is 34.2 Å². The van der Waals surface area contributed by atoms with Crippen LogP contribution in [0.3, 0.4) is 0 Å². The third kappa shape index (κ3) is 3.93. The van der Waals surface area contributed by atoms with Crippen LogP contribution in [0, 0.1) is 0 Å². The zero-order valence-corrected chi connectivity index (χ0v) is 15.2. The first-order valence-electron chi connectivity index (χ1n) is 8.17. The van der Waals surface area contributed by atoms with Gasteiger partial charge in [0.15, 0.2) is 0 Å². The highest BCUT2D eigenvalue weighted by molar-refractivity contribution is 5.89. The molecule has 2 aromatic rings. The molecule has 136 valence electrons. The van der Waals surface area contributed by atoms with Crippen LogP contribution in [-0.2, 0) is 24.1 Å². The molecular formula is C18H25N3O4. The molecule has 0 saturated heterocycles. The molecule has 7 heteroatoms. The van der Waals surface area contributed by atoms with E-state index >= 15 is 0 Å². The molecule has 0 unspecified atom stereocenters. The molecule has 25 heavy (non-hydrogen) atoms. The minimum atomic E-state index is -0.414. The number of hydrogen-bond acceptors (Lipinski definition) is 6. The lowest BCUT2D eigenvalue weighted by atomic mass is 10.1. The molecule has 0 radical (unpaired) electrons. The molecule has 0 aliphatic carbocycles. The molecule has 2 N–H and O–H groups in total. The summed E-state index contributed by atoms with van der Waals surface area (Å²) < 4.78 is 17.3. The minimum Gasteiger partial charge on any atom is -0.497 e. The summed E-state index contributed by atoms with van der Waals surface area (Å²) in [6, 6.07) is 5.55. The van der Waals surface area contributed by atoms with Crippen LogP contribution >= 0.6 is 0 Å². The predicted molar refractivity (Wildman–Crippen MR) is 94.4 cm³/mol. The van der Waals surface area contributed by atoms with Crippen LogP contribution in [0.2, 0.25) is 0 Å². The number of methoxy groups -OCH3 is 3. The van der Waals surface area contributed by atoms with Crippen LogP contribution in [0.4, 0.5) is 0 Å². The summed E-state index contributed by atoms with van der Waals surface area (Å²) in [5.41, 5.74) is 8.76. The van der Waals surface area contributed by atoms with E-state index in [4.69, 9.17) is 19.9 Å². The number of aryl methyl sites for hydroxylation is 1. The average Bonchev–Trinajstić information content (AvgIpc) is 2.98. The van der Waals surface area contributed by atoms with E-state index in [1.807, 2.05) is 19.1 Å². The molecule has 1 aromatic heterocycles. The molecule has 0 spiro atoms. The van der Waals surface area contributed by atoms with Gasteiger partial charge in [-0.25, -0.2) is 4.79 Å². The lowest BCUT2D eigenvalue weighted by Crippen LogP contribution is -2.16. The monoisotopic (exact) mass is 347 g/mol. The molecule has 0 amide bonds. The Morgan fingerprint density at radius 1 is 1.24 bits per heavy atom. The van der Waals surface area contributed by atoms with Gasteiger partial charge in [0.1, 0.15) is 17.2 Å². The summed E-state index contributed by atoms with van der Waals surface area (Å²) >= 11 is 0. The summed E-state index contributed by atoms with van der Waals surface area (Å²) in [5.74, 6) is 0.958. The fourth-order valence-corrected chi connectivity index (χ4v) is 2.82. The maximum absolute atomic E-state index is 12.3. The molecule has 0 aliphatic heterocycles. The van der Waals surface area contributed by atoms with Crippen molar-refractivity contribution in [1.82, 2.24) is 9.78 Å². The summed E-state index contributed by atoms with van der Waals surface area (Å²) in [4.78, 5) is 12.3. The fraction of sp³-hybridized carbons (Fsp3) is 0.444. The Hall–Kier alpha value is -2.54. The maximum Gasteiger partial charge on any atom is 0.356 e. The average molecular weight is 347 g/mol. The van der Waals surface area contributed by atoms with E-state index in [0.29, 0.717) is 43.1 Å². The zero-order chi connectivity index (χ0) is 18.4. The van der Waals surface area contributed by atoms with Gasteiger partial charge in [0.2, 0.25) is 0 Å². The highest BCUT2D eigenvalue weighted by Gasteiger charge is 2.23. The molecular weight excluding hydrogens is 322 g/mol. The molecule has 0 fully saturated rings. The Morgan fingerprint density at radius 3 is 2.56 bits per heavy atom. The highest BCUT2D eigenvalue weighted by atomic mass is 16.5. The SMILES string of the molecule is CCc1nn(Cc2ccc(OC)cc2OC)c(C(=O)OC)c1CCN. The van der Waals surface area contributed by atoms with Crippen molar-refractivity contribution in [3.8, 4) is 11.5 Å². The second-order valence-electron chi connectivity index (χ2n) is 5.49. The van der Waals surface area contributed by atoms with Crippen LogP contribution in [0.5, 0.6) is 11.5 Å². The summed E-state index contributed by atoms with van der Waals surface area (Å²) in [6.07, 6.45) is 1.29. The van der Waals surface area contributed by atoms with Gasteiger partial charge in [-0.15, -0.1) is 0 Å².